The fourth-order valence-corrected chi connectivity index (χ4v) is 1.75. The average molecular weight is 185 g/mol. The van der Waals surface area contributed by atoms with Crippen LogP contribution in [-0.4, -0.2) is 25.2 Å². The van der Waals surface area contributed by atoms with Crippen molar-refractivity contribution >= 4 is 5.97 Å². The second-order valence-electron chi connectivity index (χ2n) is 3.52. The first-order valence-corrected chi connectivity index (χ1v) is 5.22. The second kappa shape index (κ2) is 5.97. The number of rotatable bonds is 4. The van der Waals surface area contributed by atoms with Crippen LogP contribution < -0.4 is 5.32 Å². The number of esters is 1. The third-order valence-electron chi connectivity index (χ3n) is 2.45. The molecule has 0 heterocycles. The fraction of sp³-hybridized carbons (Fsp3) is 0.900. The Balaban J connectivity index is 2.06. The highest BCUT2D eigenvalue weighted by atomic mass is 16.5. The largest absolute Gasteiger partial charge is 0.465 e. The van der Waals surface area contributed by atoms with Crippen molar-refractivity contribution in [2.24, 2.45) is 0 Å². The Morgan fingerprint density at radius 1 is 1.38 bits per heavy atom. The van der Waals surface area contributed by atoms with Crippen LogP contribution in [-0.2, 0) is 9.53 Å². The van der Waals surface area contributed by atoms with Gasteiger partial charge in [-0.3, -0.25) is 4.79 Å². The van der Waals surface area contributed by atoms with Gasteiger partial charge in [0.2, 0.25) is 0 Å². The van der Waals surface area contributed by atoms with Crippen LogP contribution in [0.2, 0.25) is 0 Å². The molecule has 0 amide bonds. The summed E-state index contributed by atoms with van der Waals surface area (Å²) in [6.07, 6.45) is 6.34. The van der Waals surface area contributed by atoms with Crippen LogP contribution in [0.3, 0.4) is 0 Å². The molecule has 0 aromatic carbocycles. The van der Waals surface area contributed by atoms with Gasteiger partial charge in [-0.05, 0) is 19.8 Å². The van der Waals surface area contributed by atoms with Crippen LogP contribution in [0.15, 0.2) is 0 Å². The minimum Gasteiger partial charge on any atom is -0.465 e. The molecule has 3 heteroatoms. The minimum absolute atomic E-state index is 0.131. The van der Waals surface area contributed by atoms with Crippen molar-refractivity contribution in [2.75, 3.05) is 13.2 Å². The van der Waals surface area contributed by atoms with Crippen LogP contribution in [0.1, 0.15) is 39.0 Å². The molecule has 1 saturated carbocycles. The van der Waals surface area contributed by atoms with E-state index in [-0.39, 0.29) is 5.97 Å². The molecule has 1 aliphatic rings. The maximum Gasteiger partial charge on any atom is 0.319 e. The summed E-state index contributed by atoms with van der Waals surface area (Å²) in [7, 11) is 0. The molecule has 13 heavy (non-hydrogen) atoms. The predicted molar refractivity (Wildman–Crippen MR) is 51.5 cm³/mol. The van der Waals surface area contributed by atoms with Crippen LogP contribution >= 0.6 is 0 Å². The van der Waals surface area contributed by atoms with Crippen molar-refractivity contribution in [3.05, 3.63) is 0 Å². The van der Waals surface area contributed by atoms with E-state index in [9.17, 15) is 4.79 Å². The van der Waals surface area contributed by atoms with Crippen molar-refractivity contribution in [1.29, 1.82) is 0 Å². The molecule has 3 nitrogen and oxygen atoms in total. The molecule has 0 atom stereocenters. The number of hydrogen-bond acceptors (Lipinski definition) is 3. The van der Waals surface area contributed by atoms with Crippen molar-refractivity contribution in [2.45, 2.75) is 45.1 Å². The quantitative estimate of drug-likeness (QED) is 0.674. The third kappa shape index (κ3) is 4.27. The predicted octanol–water partition coefficient (Wildman–Crippen LogP) is 1.47. The monoisotopic (exact) mass is 185 g/mol. The lowest BCUT2D eigenvalue weighted by atomic mass is 9.96. The minimum atomic E-state index is -0.131. The highest BCUT2D eigenvalue weighted by molar-refractivity contribution is 5.71. The van der Waals surface area contributed by atoms with Crippen LogP contribution in [0.5, 0.6) is 0 Å². The normalized spacial score (nSPS) is 18.5. The summed E-state index contributed by atoms with van der Waals surface area (Å²) >= 11 is 0. The van der Waals surface area contributed by atoms with E-state index < -0.39 is 0 Å². The summed E-state index contributed by atoms with van der Waals surface area (Å²) in [6, 6.07) is 0.540. The van der Waals surface area contributed by atoms with Crippen molar-refractivity contribution in [3.8, 4) is 0 Å². The topological polar surface area (TPSA) is 38.3 Å². The molecular formula is C10H19NO2. The smallest absolute Gasteiger partial charge is 0.319 e. The Labute approximate surface area is 79.8 Å². The zero-order valence-corrected chi connectivity index (χ0v) is 8.34. The van der Waals surface area contributed by atoms with Crippen LogP contribution in [0, 0.1) is 0 Å². The third-order valence-corrected chi connectivity index (χ3v) is 2.45. The van der Waals surface area contributed by atoms with E-state index in [1.165, 1.54) is 32.1 Å². The maximum atomic E-state index is 11.0. The van der Waals surface area contributed by atoms with Gasteiger partial charge in [0.15, 0.2) is 0 Å². The summed E-state index contributed by atoms with van der Waals surface area (Å²) in [6.45, 7) is 2.68. The van der Waals surface area contributed by atoms with E-state index in [1.54, 1.807) is 0 Å². The standard InChI is InChI=1S/C10H19NO2/c1-2-13-10(12)8-11-9-6-4-3-5-7-9/h9,11H,2-8H2,1H3. The molecule has 0 spiro atoms. The van der Waals surface area contributed by atoms with E-state index in [0.29, 0.717) is 19.2 Å². The van der Waals surface area contributed by atoms with Crippen molar-refractivity contribution < 1.29 is 9.53 Å². The molecule has 0 bridgehead atoms. The Hall–Kier alpha value is -0.570. The number of carbonyl (C=O) groups excluding carboxylic acids is 1. The zero-order valence-electron chi connectivity index (χ0n) is 8.34. The fourth-order valence-electron chi connectivity index (χ4n) is 1.75. The van der Waals surface area contributed by atoms with E-state index in [0.717, 1.165) is 0 Å². The summed E-state index contributed by atoms with van der Waals surface area (Å²) < 4.78 is 4.83. The van der Waals surface area contributed by atoms with Crippen molar-refractivity contribution in [1.82, 2.24) is 5.32 Å². The molecule has 1 aliphatic carbocycles. The summed E-state index contributed by atoms with van der Waals surface area (Å²) in [5.41, 5.74) is 0. The highest BCUT2D eigenvalue weighted by Gasteiger charge is 2.13. The van der Waals surface area contributed by atoms with Gasteiger partial charge >= 0.3 is 5.97 Å². The lowest BCUT2D eigenvalue weighted by Crippen LogP contribution is -2.35. The van der Waals surface area contributed by atoms with Crippen LogP contribution in [0.4, 0.5) is 0 Å². The van der Waals surface area contributed by atoms with E-state index in [4.69, 9.17) is 4.74 Å². The second-order valence-corrected chi connectivity index (χ2v) is 3.52. The van der Waals surface area contributed by atoms with Crippen molar-refractivity contribution in [3.63, 3.8) is 0 Å². The molecule has 0 aliphatic heterocycles. The molecule has 0 aromatic heterocycles. The highest BCUT2D eigenvalue weighted by Crippen LogP contribution is 2.16. The number of ether oxygens (including phenoxy) is 1. The lowest BCUT2D eigenvalue weighted by Gasteiger charge is -2.22. The molecule has 0 unspecified atom stereocenters. The number of hydrogen-bond donors (Lipinski definition) is 1. The summed E-state index contributed by atoms with van der Waals surface area (Å²) in [5.74, 6) is -0.131. The maximum absolute atomic E-state index is 11.0. The van der Waals surface area contributed by atoms with Crippen LogP contribution in [0.25, 0.3) is 0 Å². The van der Waals surface area contributed by atoms with Gasteiger partial charge in [0, 0.05) is 6.04 Å². The average Bonchev–Trinajstić information content (AvgIpc) is 2.17. The first-order valence-electron chi connectivity index (χ1n) is 5.22. The Morgan fingerprint density at radius 3 is 2.69 bits per heavy atom. The molecule has 0 radical (unpaired) electrons. The van der Waals surface area contributed by atoms with E-state index in [1.807, 2.05) is 6.92 Å². The molecule has 1 fully saturated rings. The van der Waals surface area contributed by atoms with E-state index >= 15 is 0 Å². The Bertz CT molecular complexity index is 153. The van der Waals surface area contributed by atoms with E-state index in [2.05, 4.69) is 5.32 Å². The van der Waals surface area contributed by atoms with Gasteiger partial charge in [0.05, 0.1) is 13.2 Å². The Morgan fingerprint density at radius 2 is 2.08 bits per heavy atom. The molecule has 1 N–H and O–H groups in total. The molecule has 1 rings (SSSR count). The first kappa shape index (κ1) is 10.5. The van der Waals surface area contributed by atoms with Gasteiger partial charge in [-0.15, -0.1) is 0 Å². The van der Waals surface area contributed by atoms with Gasteiger partial charge in [-0.2, -0.15) is 0 Å². The first-order chi connectivity index (χ1) is 6.33. The molecular weight excluding hydrogens is 166 g/mol. The van der Waals surface area contributed by atoms with Gasteiger partial charge < -0.3 is 10.1 Å². The van der Waals surface area contributed by atoms with Gasteiger partial charge in [-0.1, -0.05) is 19.3 Å². The number of carbonyl (C=O) groups is 1. The Kier molecular flexibility index (Phi) is 4.83. The molecule has 0 aromatic rings. The zero-order chi connectivity index (χ0) is 9.52. The van der Waals surface area contributed by atoms with Gasteiger partial charge in [0.25, 0.3) is 0 Å². The molecule has 76 valence electrons. The van der Waals surface area contributed by atoms with Gasteiger partial charge in [0.1, 0.15) is 0 Å². The summed E-state index contributed by atoms with van der Waals surface area (Å²) in [4.78, 5) is 11.0. The number of nitrogens with one attached hydrogen (secondary N) is 1. The SMILES string of the molecule is CCOC(=O)CNC1CCCCC1. The van der Waals surface area contributed by atoms with Gasteiger partial charge in [-0.25, -0.2) is 0 Å². The summed E-state index contributed by atoms with van der Waals surface area (Å²) in [5, 5.41) is 3.23. The lowest BCUT2D eigenvalue weighted by molar-refractivity contribution is -0.142. The molecule has 0 saturated heterocycles.